The highest BCUT2D eigenvalue weighted by Gasteiger charge is 2.43. The van der Waals surface area contributed by atoms with Crippen LogP contribution in [0.15, 0.2) is 24.3 Å². The third-order valence-electron chi connectivity index (χ3n) is 3.36. The summed E-state index contributed by atoms with van der Waals surface area (Å²) in [6, 6.07) is 5.52. The fourth-order valence-corrected chi connectivity index (χ4v) is 2.16. The molecule has 1 saturated heterocycles. The Labute approximate surface area is 127 Å². The second-order valence-corrected chi connectivity index (χ2v) is 5.11. The van der Waals surface area contributed by atoms with Crippen LogP contribution in [0.2, 0.25) is 0 Å². The number of anilines is 1. The zero-order chi connectivity index (χ0) is 16.3. The summed E-state index contributed by atoms with van der Waals surface area (Å²) in [5.74, 6) is 0.226. The van der Waals surface area contributed by atoms with Crippen molar-refractivity contribution in [2.75, 3.05) is 11.9 Å². The van der Waals surface area contributed by atoms with Crippen molar-refractivity contribution in [2.45, 2.75) is 37.6 Å². The van der Waals surface area contributed by atoms with Crippen molar-refractivity contribution in [3.8, 4) is 5.75 Å². The molecule has 8 heteroatoms. The van der Waals surface area contributed by atoms with Gasteiger partial charge in [0, 0.05) is 12.6 Å². The molecule has 5 atom stereocenters. The number of hydrogen-bond donors (Lipinski definition) is 5. The van der Waals surface area contributed by atoms with E-state index in [0.29, 0.717) is 11.4 Å². The molecule has 2 rings (SSSR count). The molecule has 2 unspecified atom stereocenters. The summed E-state index contributed by atoms with van der Waals surface area (Å²) < 4.78 is 10.9. The number of carbonyl (C=O) groups is 1. The number of nitrogens with two attached hydrogens (primary N) is 1. The van der Waals surface area contributed by atoms with Crippen molar-refractivity contribution >= 4 is 11.6 Å². The van der Waals surface area contributed by atoms with Crippen LogP contribution in [-0.2, 0) is 9.53 Å². The third-order valence-corrected chi connectivity index (χ3v) is 3.36. The monoisotopic (exact) mass is 312 g/mol. The van der Waals surface area contributed by atoms with E-state index in [4.69, 9.17) is 20.3 Å². The standard InChI is InChI=1S/C14H20N2O6/c1-7(18)16-8-2-4-9(5-3-8)21-14-11(15)13(20)12(19)10(6-17)22-14/h2-5,10-14,17,19-20H,6,15H2,1H3,(H,16,18)/t10?,11-,12-,13?,14+/m1/s1. The number of benzene rings is 1. The first-order valence-electron chi connectivity index (χ1n) is 6.84. The van der Waals surface area contributed by atoms with Gasteiger partial charge in [-0.25, -0.2) is 0 Å². The Bertz CT molecular complexity index is 507. The normalized spacial score (nSPS) is 31.6. The number of ether oxygens (including phenoxy) is 2. The average molecular weight is 312 g/mol. The maximum atomic E-state index is 10.9. The quantitative estimate of drug-likeness (QED) is 0.471. The zero-order valence-electron chi connectivity index (χ0n) is 12.0. The van der Waals surface area contributed by atoms with Gasteiger partial charge in [0.15, 0.2) is 0 Å². The molecule has 0 aromatic heterocycles. The fraction of sp³-hybridized carbons (Fsp3) is 0.500. The first kappa shape index (κ1) is 16.7. The molecule has 8 nitrogen and oxygen atoms in total. The highest BCUT2D eigenvalue weighted by atomic mass is 16.7. The van der Waals surface area contributed by atoms with Gasteiger partial charge in [-0.2, -0.15) is 0 Å². The van der Waals surface area contributed by atoms with Gasteiger partial charge in [0.2, 0.25) is 12.2 Å². The number of amides is 1. The molecular weight excluding hydrogens is 292 g/mol. The van der Waals surface area contributed by atoms with Crippen LogP contribution in [0.4, 0.5) is 5.69 Å². The molecule has 1 aliphatic rings. The maximum absolute atomic E-state index is 10.9. The maximum Gasteiger partial charge on any atom is 0.221 e. The Balaban J connectivity index is 2.04. The van der Waals surface area contributed by atoms with Crippen LogP contribution in [0.1, 0.15) is 6.92 Å². The smallest absolute Gasteiger partial charge is 0.221 e. The van der Waals surface area contributed by atoms with Crippen molar-refractivity contribution in [2.24, 2.45) is 5.73 Å². The van der Waals surface area contributed by atoms with E-state index in [1.54, 1.807) is 24.3 Å². The second-order valence-electron chi connectivity index (χ2n) is 5.11. The number of aliphatic hydroxyl groups excluding tert-OH is 3. The first-order valence-corrected chi connectivity index (χ1v) is 6.84. The molecule has 0 radical (unpaired) electrons. The van der Waals surface area contributed by atoms with Crippen molar-refractivity contribution in [1.82, 2.24) is 0 Å². The van der Waals surface area contributed by atoms with Gasteiger partial charge in [0.05, 0.1) is 12.6 Å². The lowest BCUT2D eigenvalue weighted by Gasteiger charge is -2.40. The molecule has 1 aromatic rings. The average Bonchev–Trinajstić information content (AvgIpc) is 2.49. The molecule has 122 valence electrons. The SMILES string of the molecule is CC(=O)Nc1ccc(O[C@H]2OC(CO)[C@@H](O)C(O)[C@H]2N)cc1. The minimum Gasteiger partial charge on any atom is -0.463 e. The molecule has 0 bridgehead atoms. The van der Waals surface area contributed by atoms with Crippen LogP contribution in [-0.4, -0.2) is 58.5 Å². The van der Waals surface area contributed by atoms with Crippen molar-refractivity contribution < 1.29 is 29.6 Å². The minimum atomic E-state index is -1.28. The molecule has 1 heterocycles. The van der Waals surface area contributed by atoms with Crippen LogP contribution >= 0.6 is 0 Å². The van der Waals surface area contributed by atoms with Gasteiger partial charge in [-0.3, -0.25) is 4.79 Å². The second kappa shape index (κ2) is 7.03. The van der Waals surface area contributed by atoms with E-state index in [9.17, 15) is 15.0 Å². The summed E-state index contributed by atoms with van der Waals surface area (Å²) in [7, 11) is 0. The Morgan fingerprint density at radius 1 is 1.32 bits per heavy atom. The molecule has 1 amide bonds. The van der Waals surface area contributed by atoms with Gasteiger partial charge in [0.1, 0.15) is 24.1 Å². The molecule has 0 spiro atoms. The van der Waals surface area contributed by atoms with E-state index in [1.807, 2.05) is 0 Å². The van der Waals surface area contributed by atoms with Gasteiger partial charge in [0.25, 0.3) is 0 Å². The summed E-state index contributed by atoms with van der Waals surface area (Å²) in [4.78, 5) is 10.9. The van der Waals surface area contributed by atoms with Crippen LogP contribution in [0, 0.1) is 0 Å². The Morgan fingerprint density at radius 2 is 1.95 bits per heavy atom. The zero-order valence-corrected chi connectivity index (χ0v) is 12.0. The molecule has 0 saturated carbocycles. The summed E-state index contributed by atoms with van der Waals surface area (Å²) in [6.45, 7) is 0.938. The highest BCUT2D eigenvalue weighted by molar-refractivity contribution is 5.88. The van der Waals surface area contributed by atoms with E-state index < -0.39 is 37.3 Å². The van der Waals surface area contributed by atoms with E-state index in [1.165, 1.54) is 6.92 Å². The van der Waals surface area contributed by atoms with Crippen LogP contribution < -0.4 is 15.8 Å². The van der Waals surface area contributed by atoms with Gasteiger partial charge in [-0.15, -0.1) is 0 Å². The minimum absolute atomic E-state index is 0.186. The molecular formula is C14H20N2O6. The van der Waals surface area contributed by atoms with Gasteiger partial charge < -0.3 is 35.8 Å². The first-order chi connectivity index (χ1) is 10.4. The number of hydrogen-bond acceptors (Lipinski definition) is 7. The summed E-state index contributed by atoms with van der Waals surface area (Å²) in [5, 5.41) is 31.3. The number of carbonyl (C=O) groups excluding carboxylic acids is 1. The van der Waals surface area contributed by atoms with Gasteiger partial charge in [-0.05, 0) is 24.3 Å². The van der Waals surface area contributed by atoms with Crippen LogP contribution in [0.25, 0.3) is 0 Å². The Kier molecular flexibility index (Phi) is 5.33. The van der Waals surface area contributed by atoms with E-state index in [-0.39, 0.29) is 5.91 Å². The Morgan fingerprint density at radius 3 is 2.50 bits per heavy atom. The van der Waals surface area contributed by atoms with Crippen molar-refractivity contribution in [1.29, 1.82) is 0 Å². The molecule has 0 aliphatic carbocycles. The predicted octanol–water partition coefficient (Wildman–Crippen LogP) is -1.21. The van der Waals surface area contributed by atoms with Crippen molar-refractivity contribution in [3.63, 3.8) is 0 Å². The largest absolute Gasteiger partial charge is 0.463 e. The molecule has 1 aliphatic heterocycles. The number of aliphatic hydroxyl groups is 3. The number of nitrogens with one attached hydrogen (secondary N) is 1. The molecule has 1 aromatic carbocycles. The lowest BCUT2D eigenvalue weighted by molar-refractivity contribution is -0.239. The topological polar surface area (TPSA) is 134 Å². The van der Waals surface area contributed by atoms with E-state index in [0.717, 1.165) is 0 Å². The van der Waals surface area contributed by atoms with Crippen LogP contribution in [0.3, 0.4) is 0 Å². The highest BCUT2D eigenvalue weighted by Crippen LogP contribution is 2.24. The van der Waals surface area contributed by atoms with Crippen LogP contribution in [0.5, 0.6) is 5.75 Å². The fourth-order valence-electron chi connectivity index (χ4n) is 2.16. The summed E-state index contributed by atoms with van der Waals surface area (Å²) in [5.41, 5.74) is 6.38. The predicted molar refractivity (Wildman–Crippen MR) is 77.1 cm³/mol. The Hall–Kier alpha value is -1.71. The summed E-state index contributed by atoms with van der Waals surface area (Å²) in [6.07, 6.45) is -4.53. The number of rotatable bonds is 4. The van der Waals surface area contributed by atoms with Gasteiger partial charge in [-0.1, -0.05) is 0 Å². The molecule has 1 fully saturated rings. The van der Waals surface area contributed by atoms with E-state index in [2.05, 4.69) is 5.32 Å². The lowest BCUT2D eigenvalue weighted by Crippen LogP contribution is -2.63. The van der Waals surface area contributed by atoms with Crippen molar-refractivity contribution in [3.05, 3.63) is 24.3 Å². The van der Waals surface area contributed by atoms with E-state index >= 15 is 0 Å². The lowest BCUT2D eigenvalue weighted by atomic mass is 9.98. The third kappa shape index (κ3) is 3.73. The molecule has 22 heavy (non-hydrogen) atoms. The van der Waals surface area contributed by atoms with Gasteiger partial charge >= 0.3 is 0 Å². The summed E-state index contributed by atoms with van der Waals surface area (Å²) >= 11 is 0. The molecule has 6 N–H and O–H groups in total.